The van der Waals surface area contributed by atoms with Gasteiger partial charge in [0.1, 0.15) is 11.6 Å². The molecule has 1 aromatic heterocycles. The lowest BCUT2D eigenvalue weighted by Gasteiger charge is -2.24. The van der Waals surface area contributed by atoms with Crippen molar-refractivity contribution in [2.45, 2.75) is 19.3 Å². The Kier molecular flexibility index (Phi) is 4.63. The molecule has 2 aromatic rings. The number of nitriles is 1. The first-order chi connectivity index (χ1) is 12.0. The third-order valence-corrected chi connectivity index (χ3v) is 4.10. The van der Waals surface area contributed by atoms with E-state index in [9.17, 15) is 10.1 Å². The molecule has 0 unspecified atom stereocenters. The number of allylic oxidation sites excluding steroid dienone is 1. The molecule has 0 amide bonds. The Hall–Kier alpha value is -2.98. The molecule has 128 valence electrons. The summed E-state index contributed by atoms with van der Waals surface area (Å²) in [7, 11) is 0. The molecule has 0 saturated carbocycles. The summed E-state index contributed by atoms with van der Waals surface area (Å²) in [6, 6.07) is 9.14. The molecule has 1 aromatic carbocycles. The molecule has 1 aliphatic heterocycles. The maximum atomic E-state index is 11.9. The quantitative estimate of drug-likeness (QED) is 0.811. The van der Waals surface area contributed by atoms with Gasteiger partial charge < -0.3 is 15.2 Å². The van der Waals surface area contributed by atoms with Gasteiger partial charge in [0.2, 0.25) is 11.8 Å². The molecule has 1 atom stereocenters. The second-order valence-corrected chi connectivity index (χ2v) is 5.82. The lowest BCUT2D eigenvalue weighted by atomic mass is 9.83. The number of carbonyl (C=O) groups excluding carboxylic acids is 1. The van der Waals surface area contributed by atoms with Gasteiger partial charge in [-0.05, 0) is 24.6 Å². The van der Waals surface area contributed by atoms with Crippen LogP contribution in [-0.4, -0.2) is 22.8 Å². The van der Waals surface area contributed by atoms with Crippen molar-refractivity contribution in [3.63, 3.8) is 0 Å². The fourth-order valence-corrected chi connectivity index (χ4v) is 2.91. The van der Waals surface area contributed by atoms with E-state index in [1.54, 1.807) is 31.2 Å². The van der Waals surface area contributed by atoms with E-state index in [-0.39, 0.29) is 30.4 Å². The van der Waals surface area contributed by atoms with Crippen LogP contribution in [0.2, 0.25) is 5.02 Å². The maximum Gasteiger partial charge on any atom is 0.311 e. The Bertz CT molecular complexity index is 880. The predicted molar refractivity (Wildman–Crippen MR) is 89.7 cm³/mol. The third-order valence-electron chi connectivity index (χ3n) is 3.85. The Balaban J connectivity index is 2.10. The van der Waals surface area contributed by atoms with E-state index in [1.807, 2.05) is 0 Å². The van der Waals surface area contributed by atoms with E-state index in [2.05, 4.69) is 16.3 Å². The van der Waals surface area contributed by atoms with Crippen LogP contribution in [0.4, 0.5) is 0 Å². The predicted octanol–water partition coefficient (Wildman–Crippen LogP) is 2.39. The van der Waals surface area contributed by atoms with Crippen LogP contribution in [-0.2, 0) is 16.0 Å². The first-order valence-corrected chi connectivity index (χ1v) is 7.98. The van der Waals surface area contributed by atoms with E-state index in [1.165, 1.54) is 0 Å². The number of H-pyrrole nitrogens is 1. The molecule has 0 fully saturated rings. The molecule has 2 heterocycles. The second-order valence-electron chi connectivity index (χ2n) is 5.38. The number of aromatic nitrogens is 2. The van der Waals surface area contributed by atoms with Crippen LogP contribution in [0.25, 0.3) is 0 Å². The summed E-state index contributed by atoms with van der Waals surface area (Å²) < 4.78 is 10.4. The van der Waals surface area contributed by atoms with Crippen LogP contribution < -0.4 is 10.5 Å². The van der Waals surface area contributed by atoms with Crippen LogP contribution >= 0.6 is 11.6 Å². The van der Waals surface area contributed by atoms with Crippen molar-refractivity contribution >= 4 is 17.6 Å². The number of nitrogens with zero attached hydrogens (tertiary/aromatic N) is 2. The minimum atomic E-state index is -0.505. The Morgan fingerprint density at radius 3 is 2.84 bits per heavy atom. The topological polar surface area (TPSA) is 114 Å². The standard InChI is InChI=1S/C17H15ClN4O3/c1-2-24-13(23)7-12-15-14(9-3-5-10(18)6-4-9)11(8-19)16(20)25-17(15)22-21-12/h3-6,14H,2,7,20H2,1H3,(H,21,22)/t14-/m1/s1. The number of esters is 1. The zero-order valence-electron chi connectivity index (χ0n) is 13.4. The highest BCUT2D eigenvalue weighted by Gasteiger charge is 2.35. The molecule has 8 heteroatoms. The van der Waals surface area contributed by atoms with E-state index >= 15 is 0 Å². The molecular formula is C17H15ClN4O3. The van der Waals surface area contributed by atoms with Crippen LogP contribution in [0.5, 0.6) is 5.88 Å². The zero-order valence-corrected chi connectivity index (χ0v) is 14.1. The van der Waals surface area contributed by atoms with E-state index in [0.29, 0.717) is 16.3 Å². The number of carbonyl (C=O) groups is 1. The Labute approximate surface area is 149 Å². The second kappa shape index (κ2) is 6.87. The van der Waals surface area contributed by atoms with Crippen molar-refractivity contribution in [1.29, 1.82) is 5.26 Å². The number of hydrogen-bond donors (Lipinski definition) is 2. The number of nitrogens with one attached hydrogen (secondary N) is 1. The van der Waals surface area contributed by atoms with E-state index in [4.69, 9.17) is 26.8 Å². The number of rotatable bonds is 4. The van der Waals surface area contributed by atoms with Gasteiger partial charge in [0.15, 0.2) is 0 Å². The lowest BCUT2D eigenvalue weighted by molar-refractivity contribution is -0.142. The number of ether oxygens (including phenoxy) is 2. The summed E-state index contributed by atoms with van der Waals surface area (Å²) in [6.07, 6.45) is -0.0117. The third kappa shape index (κ3) is 3.16. The van der Waals surface area contributed by atoms with Crippen LogP contribution in [0, 0.1) is 11.3 Å². The SMILES string of the molecule is CCOC(=O)Cc1[nH]nc2c1[C@H](c1ccc(Cl)cc1)C(C#N)=C(N)O2. The van der Waals surface area contributed by atoms with Crippen molar-refractivity contribution in [3.05, 3.63) is 57.6 Å². The molecule has 3 rings (SSSR count). The molecule has 1 aliphatic rings. The molecular weight excluding hydrogens is 344 g/mol. The summed E-state index contributed by atoms with van der Waals surface area (Å²) in [4.78, 5) is 11.9. The van der Waals surface area contributed by atoms with E-state index < -0.39 is 11.9 Å². The number of aromatic amines is 1. The summed E-state index contributed by atoms with van der Waals surface area (Å²) in [6.45, 7) is 2.01. The molecule has 0 spiro atoms. The Morgan fingerprint density at radius 2 is 2.20 bits per heavy atom. The Morgan fingerprint density at radius 1 is 1.48 bits per heavy atom. The minimum absolute atomic E-state index is 0.0101. The van der Waals surface area contributed by atoms with E-state index in [0.717, 1.165) is 5.56 Å². The molecule has 0 aliphatic carbocycles. The summed E-state index contributed by atoms with van der Waals surface area (Å²) in [5.74, 6) is -0.668. The highest BCUT2D eigenvalue weighted by molar-refractivity contribution is 6.30. The van der Waals surface area contributed by atoms with Gasteiger partial charge in [0.25, 0.3) is 0 Å². The lowest BCUT2D eigenvalue weighted by Crippen LogP contribution is -2.22. The van der Waals surface area contributed by atoms with Crippen molar-refractivity contribution in [1.82, 2.24) is 10.2 Å². The van der Waals surface area contributed by atoms with Crippen LogP contribution in [0.15, 0.2) is 35.7 Å². The number of halogens is 1. The number of fused-ring (bicyclic) bond motifs is 1. The molecule has 3 N–H and O–H groups in total. The first kappa shape index (κ1) is 16.9. The van der Waals surface area contributed by atoms with Crippen molar-refractivity contribution < 1.29 is 14.3 Å². The van der Waals surface area contributed by atoms with Gasteiger partial charge in [-0.1, -0.05) is 23.7 Å². The number of nitrogens with two attached hydrogens (primary N) is 1. The maximum absolute atomic E-state index is 11.9. The van der Waals surface area contributed by atoms with Gasteiger partial charge in [0, 0.05) is 5.02 Å². The highest BCUT2D eigenvalue weighted by Crippen LogP contribution is 2.43. The highest BCUT2D eigenvalue weighted by atomic mass is 35.5. The normalized spacial score (nSPS) is 16.0. The van der Waals surface area contributed by atoms with Gasteiger partial charge >= 0.3 is 5.97 Å². The van der Waals surface area contributed by atoms with Gasteiger partial charge in [-0.2, -0.15) is 5.26 Å². The van der Waals surface area contributed by atoms with Gasteiger partial charge in [-0.25, -0.2) is 0 Å². The molecule has 7 nitrogen and oxygen atoms in total. The number of benzene rings is 1. The smallest absolute Gasteiger partial charge is 0.311 e. The first-order valence-electron chi connectivity index (χ1n) is 7.61. The average Bonchev–Trinajstić information content (AvgIpc) is 2.97. The fraction of sp³-hybridized carbons (Fsp3) is 0.235. The fourth-order valence-electron chi connectivity index (χ4n) is 2.79. The summed E-state index contributed by atoms with van der Waals surface area (Å²) in [5.41, 5.74) is 8.05. The van der Waals surface area contributed by atoms with Gasteiger partial charge in [-0.15, -0.1) is 5.10 Å². The average molecular weight is 359 g/mol. The van der Waals surface area contributed by atoms with Gasteiger partial charge in [-0.3, -0.25) is 9.89 Å². The number of hydrogen-bond acceptors (Lipinski definition) is 6. The molecule has 0 radical (unpaired) electrons. The summed E-state index contributed by atoms with van der Waals surface area (Å²) in [5, 5.41) is 17.0. The van der Waals surface area contributed by atoms with Crippen molar-refractivity contribution in [2.24, 2.45) is 5.73 Å². The summed E-state index contributed by atoms with van der Waals surface area (Å²) >= 11 is 5.96. The molecule has 0 saturated heterocycles. The largest absolute Gasteiger partial charge is 0.466 e. The van der Waals surface area contributed by atoms with Crippen molar-refractivity contribution in [3.8, 4) is 11.9 Å². The molecule has 25 heavy (non-hydrogen) atoms. The molecule has 0 bridgehead atoms. The van der Waals surface area contributed by atoms with Crippen LogP contribution in [0.3, 0.4) is 0 Å². The minimum Gasteiger partial charge on any atom is -0.466 e. The zero-order chi connectivity index (χ0) is 18.0. The monoisotopic (exact) mass is 358 g/mol. The van der Waals surface area contributed by atoms with Gasteiger partial charge in [0.05, 0.1) is 30.2 Å². The van der Waals surface area contributed by atoms with Crippen molar-refractivity contribution in [2.75, 3.05) is 6.61 Å². The van der Waals surface area contributed by atoms with Crippen LogP contribution in [0.1, 0.15) is 29.7 Å².